The molecule has 1 aliphatic rings. The van der Waals surface area contributed by atoms with Gasteiger partial charge in [0.15, 0.2) is 0 Å². The molecule has 2 rings (SSSR count). The van der Waals surface area contributed by atoms with Crippen molar-refractivity contribution in [2.45, 2.75) is 64.4 Å². The van der Waals surface area contributed by atoms with E-state index in [1.807, 2.05) is 0 Å². The number of aryl methyl sites for hydroxylation is 2. The number of hydrogen-bond acceptors (Lipinski definition) is 2. The zero-order chi connectivity index (χ0) is 13.7. The van der Waals surface area contributed by atoms with Crippen LogP contribution in [0, 0.1) is 5.92 Å². The zero-order valence-corrected chi connectivity index (χ0v) is 12.9. The molecule has 1 saturated carbocycles. The molecule has 1 aromatic heterocycles. The number of hydrogen-bond donors (Lipinski definition) is 1. The molecule has 1 heterocycles. The molecule has 3 nitrogen and oxygen atoms in total. The van der Waals surface area contributed by atoms with E-state index in [0.29, 0.717) is 5.38 Å². The van der Waals surface area contributed by atoms with Gasteiger partial charge in [-0.15, -0.1) is 11.6 Å². The Morgan fingerprint density at radius 3 is 2.95 bits per heavy atom. The van der Waals surface area contributed by atoms with Crippen LogP contribution in [0.5, 0.6) is 0 Å². The first-order valence-corrected chi connectivity index (χ1v) is 8.07. The van der Waals surface area contributed by atoms with Crippen molar-refractivity contribution in [2.75, 3.05) is 6.54 Å². The highest BCUT2D eigenvalue weighted by Crippen LogP contribution is 2.27. The summed E-state index contributed by atoms with van der Waals surface area (Å²) in [5.74, 6) is 0.750. The van der Waals surface area contributed by atoms with Crippen LogP contribution >= 0.6 is 11.6 Å². The lowest BCUT2D eigenvalue weighted by atomic mass is 9.89. The van der Waals surface area contributed by atoms with E-state index in [0.717, 1.165) is 32.0 Å². The van der Waals surface area contributed by atoms with Crippen LogP contribution in [-0.2, 0) is 19.5 Å². The molecule has 1 aromatic rings. The van der Waals surface area contributed by atoms with Gasteiger partial charge in [-0.2, -0.15) is 5.10 Å². The SMILES string of the molecule is CCc1cc(CNCC2CCCC(Cl)C2)n(CC)n1. The van der Waals surface area contributed by atoms with Gasteiger partial charge in [0.25, 0.3) is 0 Å². The third kappa shape index (κ3) is 4.22. The van der Waals surface area contributed by atoms with Crippen LogP contribution in [0.2, 0.25) is 0 Å². The van der Waals surface area contributed by atoms with Gasteiger partial charge in [0.05, 0.1) is 11.4 Å². The average Bonchev–Trinajstić information content (AvgIpc) is 2.81. The third-order valence-corrected chi connectivity index (χ3v) is 4.43. The van der Waals surface area contributed by atoms with Crippen LogP contribution in [0.15, 0.2) is 6.07 Å². The van der Waals surface area contributed by atoms with E-state index in [1.165, 1.54) is 37.1 Å². The molecular formula is C15H26ClN3. The second-order valence-electron chi connectivity index (χ2n) is 5.56. The summed E-state index contributed by atoms with van der Waals surface area (Å²) in [4.78, 5) is 0. The molecule has 108 valence electrons. The molecule has 0 aliphatic heterocycles. The van der Waals surface area contributed by atoms with Gasteiger partial charge >= 0.3 is 0 Å². The van der Waals surface area contributed by atoms with Crippen LogP contribution in [0.4, 0.5) is 0 Å². The lowest BCUT2D eigenvalue weighted by Crippen LogP contribution is -2.28. The number of halogens is 1. The summed E-state index contributed by atoms with van der Waals surface area (Å²) in [5, 5.41) is 8.56. The van der Waals surface area contributed by atoms with E-state index in [4.69, 9.17) is 11.6 Å². The zero-order valence-electron chi connectivity index (χ0n) is 12.2. The van der Waals surface area contributed by atoms with Crippen molar-refractivity contribution in [1.29, 1.82) is 0 Å². The number of aromatic nitrogens is 2. The van der Waals surface area contributed by atoms with E-state index in [-0.39, 0.29) is 0 Å². The third-order valence-electron chi connectivity index (χ3n) is 4.03. The van der Waals surface area contributed by atoms with Crippen LogP contribution in [0.1, 0.15) is 50.9 Å². The first-order chi connectivity index (χ1) is 9.22. The average molecular weight is 284 g/mol. The van der Waals surface area contributed by atoms with Gasteiger partial charge in [-0.1, -0.05) is 13.3 Å². The van der Waals surface area contributed by atoms with Gasteiger partial charge in [0, 0.05) is 18.5 Å². The van der Waals surface area contributed by atoms with E-state index in [2.05, 4.69) is 35.0 Å². The van der Waals surface area contributed by atoms with Crippen molar-refractivity contribution in [2.24, 2.45) is 5.92 Å². The minimum atomic E-state index is 0.397. The van der Waals surface area contributed by atoms with Crippen LogP contribution in [-0.4, -0.2) is 21.7 Å². The summed E-state index contributed by atoms with van der Waals surface area (Å²) < 4.78 is 2.11. The minimum Gasteiger partial charge on any atom is -0.311 e. The highest BCUT2D eigenvalue weighted by molar-refractivity contribution is 6.20. The van der Waals surface area contributed by atoms with Crippen molar-refractivity contribution in [3.05, 3.63) is 17.5 Å². The normalized spacial score (nSPS) is 23.7. The first kappa shape index (κ1) is 14.9. The summed E-state index contributed by atoms with van der Waals surface area (Å²) in [6, 6.07) is 2.22. The summed E-state index contributed by atoms with van der Waals surface area (Å²) >= 11 is 6.24. The number of rotatable bonds is 6. The molecule has 1 aliphatic carbocycles. The molecule has 4 heteroatoms. The summed E-state index contributed by atoms with van der Waals surface area (Å²) in [5.41, 5.74) is 2.50. The maximum absolute atomic E-state index is 6.24. The Labute approximate surface area is 121 Å². The van der Waals surface area contributed by atoms with E-state index < -0.39 is 0 Å². The molecule has 0 saturated heterocycles. The monoisotopic (exact) mass is 283 g/mol. The fourth-order valence-electron chi connectivity index (χ4n) is 2.92. The quantitative estimate of drug-likeness (QED) is 0.812. The highest BCUT2D eigenvalue weighted by atomic mass is 35.5. The maximum Gasteiger partial charge on any atom is 0.0625 e. The second kappa shape index (κ2) is 7.30. The largest absolute Gasteiger partial charge is 0.311 e. The first-order valence-electron chi connectivity index (χ1n) is 7.63. The summed E-state index contributed by atoms with van der Waals surface area (Å²) in [6.45, 7) is 7.26. The van der Waals surface area contributed by atoms with Gasteiger partial charge in [-0.05, 0) is 51.1 Å². The van der Waals surface area contributed by atoms with Crippen LogP contribution < -0.4 is 5.32 Å². The van der Waals surface area contributed by atoms with E-state index in [9.17, 15) is 0 Å². The van der Waals surface area contributed by atoms with Crippen molar-refractivity contribution in [3.8, 4) is 0 Å². The van der Waals surface area contributed by atoms with Crippen molar-refractivity contribution < 1.29 is 0 Å². The van der Waals surface area contributed by atoms with Gasteiger partial charge < -0.3 is 5.32 Å². The Morgan fingerprint density at radius 2 is 2.26 bits per heavy atom. The Hall–Kier alpha value is -0.540. The van der Waals surface area contributed by atoms with Crippen molar-refractivity contribution in [1.82, 2.24) is 15.1 Å². The number of alkyl halides is 1. The molecule has 0 aromatic carbocycles. The molecular weight excluding hydrogens is 258 g/mol. The molecule has 0 spiro atoms. The maximum atomic E-state index is 6.24. The number of nitrogens with zero attached hydrogens (tertiary/aromatic N) is 2. The van der Waals surface area contributed by atoms with Crippen LogP contribution in [0.3, 0.4) is 0 Å². The van der Waals surface area contributed by atoms with Gasteiger partial charge in [-0.25, -0.2) is 0 Å². The molecule has 2 atom stereocenters. The lowest BCUT2D eigenvalue weighted by Gasteiger charge is -2.25. The van der Waals surface area contributed by atoms with Gasteiger partial charge in [-0.3, -0.25) is 4.68 Å². The fourth-order valence-corrected chi connectivity index (χ4v) is 3.33. The molecule has 2 unspecified atom stereocenters. The summed E-state index contributed by atoms with van der Waals surface area (Å²) in [6.07, 6.45) is 5.98. The molecule has 0 amide bonds. The van der Waals surface area contributed by atoms with Crippen molar-refractivity contribution >= 4 is 11.6 Å². The predicted molar refractivity (Wildman–Crippen MR) is 80.6 cm³/mol. The fraction of sp³-hybridized carbons (Fsp3) is 0.800. The highest BCUT2D eigenvalue weighted by Gasteiger charge is 2.19. The second-order valence-corrected chi connectivity index (χ2v) is 6.17. The van der Waals surface area contributed by atoms with Gasteiger partial charge in [0.2, 0.25) is 0 Å². The summed E-state index contributed by atoms with van der Waals surface area (Å²) in [7, 11) is 0. The Morgan fingerprint density at radius 1 is 1.42 bits per heavy atom. The standard InChI is InChI=1S/C15H26ClN3/c1-3-14-9-15(19(4-2)18-14)11-17-10-12-6-5-7-13(16)8-12/h9,12-13,17H,3-8,10-11H2,1-2H3. The Bertz CT molecular complexity index is 389. The molecule has 1 fully saturated rings. The lowest BCUT2D eigenvalue weighted by molar-refractivity contribution is 0.344. The number of nitrogens with one attached hydrogen (secondary N) is 1. The molecule has 0 bridgehead atoms. The van der Waals surface area contributed by atoms with E-state index in [1.54, 1.807) is 0 Å². The molecule has 0 radical (unpaired) electrons. The Balaban J connectivity index is 1.80. The van der Waals surface area contributed by atoms with Gasteiger partial charge in [0.1, 0.15) is 0 Å². The van der Waals surface area contributed by atoms with Crippen LogP contribution in [0.25, 0.3) is 0 Å². The molecule has 19 heavy (non-hydrogen) atoms. The minimum absolute atomic E-state index is 0.397. The topological polar surface area (TPSA) is 29.9 Å². The predicted octanol–water partition coefficient (Wildman–Crippen LogP) is 3.35. The van der Waals surface area contributed by atoms with E-state index >= 15 is 0 Å². The van der Waals surface area contributed by atoms with Crippen molar-refractivity contribution in [3.63, 3.8) is 0 Å². The Kier molecular flexibility index (Phi) is 5.71. The smallest absolute Gasteiger partial charge is 0.0625 e. The molecule has 1 N–H and O–H groups in total.